The second-order valence-corrected chi connectivity index (χ2v) is 9.09. The van der Waals surface area contributed by atoms with Crippen molar-refractivity contribution in [2.45, 2.75) is 38.0 Å². The summed E-state index contributed by atoms with van der Waals surface area (Å²) in [4.78, 5) is 2.42. The molecule has 3 heterocycles. The van der Waals surface area contributed by atoms with Gasteiger partial charge >= 0.3 is 0 Å². The molecule has 0 aliphatic carbocycles. The summed E-state index contributed by atoms with van der Waals surface area (Å²) >= 11 is 0. The van der Waals surface area contributed by atoms with Crippen LogP contribution < -0.4 is 14.2 Å². The third-order valence-electron chi connectivity index (χ3n) is 6.88. The van der Waals surface area contributed by atoms with Gasteiger partial charge in [-0.2, -0.15) is 0 Å². The molecular formula is C27H31FN2O4. The fraction of sp³-hybridized carbons (Fsp3) is 0.407. The summed E-state index contributed by atoms with van der Waals surface area (Å²) in [6.07, 6.45) is 3.71. The minimum atomic E-state index is -0.436. The van der Waals surface area contributed by atoms with E-state index in [0.717, 1.165) is 55.4 Å². The predicted octanol–water partition coefficient (Wildman–Crippen LogP) is 4.92. The summed E-state index contributed by atoms with van der Waals surface area (Å²) in [5.74, 6) is 1.77. The minimum Gasteiger partial charge on any atom is -0.493 e. The average Bonchev–Trinajstić information content (AvgIpc) is 3.35. The molecule has 1 atom stereocenters. The Bertz CT molecular complexity index is 1150. The second kappa shape index (κ2) is 9.31. The lowest BCUT2D eigenvalue weighted by atomic mass is 9.86. The van der Waals surface area contributed by atoms with Crippen LogP contribution in [-0.4, -0.2) is 49.5 Å². The number of fused-ring (bicyclic) bond motifs is 4. The molecule has 0 saturated carbocycles. The molecule has 1 aromatic heterocycles. The second-order valence-electron chi connectivity index (χ2n) is 9.09. The predicted molar refractivity (Wildman–Crippen MR) is 128 cm³/mol. The van der Waals surface area contributed by atoms with Gasteiger partial charge in [-0.1, -0.05) is 6.07 Å². The number of halogens is 1. The van der Waals surface area contributed by atoms with Gasteiger partial charge in [-0.25, -0.2) is 4.39 Å². The van der Waals surface area contributed by atoms with Crippen LogP contribution in [0, 0.1) is 5.82 Å². The average molecular weight is 467 g/mol. The van der Waals surface area contributed by atoms with Crippen molar-refractivity contribution >= 4 is 0 Å². The SMILES string of the molecule is COc1cc(CN2CCC3(CC2)Oc2cc(F)ccc2-n2cccc23)ccc1OC[C@H](C)OC. The van der Waals surface area contributed by atoms with Gasteiger partial charge in [-0.05, 0) is 48.9 Å². The Hall–Kier alpha value is -3.03. The molecule has 0 unspecified atom stereocenters. The van der Waals surface area contributed by atoms with Crippen molar-refractivity contribution in [2.24, 2.45) is 0 Å². The molecule has 0 bridgehead atoms. The summed E-state index contributed by atoms with van der Waals surface area (Å²) in [7, 11) is 3.33. The molecule has 0 amide bonds. The van der Waals surface area contributed by atoms with E-state index >= 15 is 0 Å². The van der Waals surface area contributed by atoms with Crippen LogP contribution in [0.5, 0.6) is 17.2 Å². The van der Waals surface area contributed by atoms with Gasteiger partial charge in [0.15, 0.2) is 17.1 Å². The molecule has 2 aliphatic heterocycles. The number of ether oxygens (including phenoxy) is 4. The van der Waals surface area contributed by atoms with Crippen LogP contribution in [0.2, 0.25) is 0 Å². The zero-order chi connectivity index (χ0) is 23.7. The van der Waals surface area contributed by atoms with Crippen LogP contribution in [0.1, 0.15) is 31.0 Å². The van der Waals surface area contributed by atoms with E-state index < -0.39 is 5.60 Å². The third-order valence-corrected chi connectivity index (χ3v) is 6.88. The van der Waals surface area contributed by atoms with Crippen molar-refractivity contribution in [3.63, 3.8) is 0 Å². The molecule has 3 aromatic rings. The molecule has 1 fully saturated rings. The zero-order valence-corrected chi connectivity index (χ0v) is 19.9. The van der Waals surface area contributed by atoms with Gasteiger partial charge in [0.2, 0.25) is 0 Å². The molecule has 0 radical (unpaired) electrons. The molecule has 0 N–H and O–H groups in total. The van der Waals surface area contributed by atoms with E-state index in [1.807, 2.05) is 31.3 Å². The summed E-state index contributed by atoms with van der Waals surface area (Å²) in [5.41, 5.74) is 2.76. The molecule has 1 saturated heterocycles. The van der Waals surface area contributed by atoms with Gasteiger partial charge in [-0.3, -0.25) is 4.90 Å². The maximum Gasteiger partial charge on any atom is 0.161 e. The van der Waals surface area contributed by atoms with Gasteiger partial charge in [-0.15, -0.1) is 0 Å². The van der Waals surface area contributed by atoms with Gasteiger partial charge in [0.05, 0.1) is 24.6 Å². The highest BCUT2D eigenvalue weighted by molar-refractivity contribution is 5.52. The summed E-state index contributed by atoms with van der Waals surface area (Å²) in [6, 6.07) is 15.0. The Kier molecular flexibility index (Phi) is 6.23. The minimum absolute atomic E-state index is 0.0108. The van der Waals surface area contributed by atoms with Crippen LogP contribution in [0.4, 0.5) is 4.39 Å². The first-order chi connectivity index (χ1) is 16.5. The lowest BCUT2D eigenvalue weighted by Gasteiger charge is -2.45. The molecule has 34 heavy (non-hydrogen) atoms. The van der Waals surface area contributed by atoms with Crippen molar-refractivity contribution in [2.75, 3.05) is 33.9 Å². The Balaban J connectivity index is 1.27. The smallest absolute Gasteiger partial charge is 0.161 e. The number of likely N-dealkylation sites (tertiary alicyclic amines) is 1. The normalized spacial score (nSPS) is 17.5. The number of benzene rings is 2. The van der Waals surface area contributed by atoms with E-state index in [0.29, 0.717) is 12.4 Å². The number of aromatic nitrogens is 1. The van der Waals surface area contributed by atoms with Crippen molar-refractivity contribution in [1.82, 2.24) is 9.47 Å². The van der Waals surface area contributed by atoms with Crippen molar-refractivity contribution < 1.29 is 23.3 Å². The Morgan fingerprint density at radius 3 is 2.65 bits per heavy atom. The number of nitrogens with zero attached hydrogens (tertiary/aromatic N) is 2. The van der Waals surface area contributed by atoms with Crippen molar-refractivity contribution in [3.05, 3.63) is 71.8 Å². The maximum absolute atomic E-state index is 13.9. The number of hydrogen-bond donors (Lipinski definition) is 0. The zero-order valence-electron chi connectivity index (χ0n) is 19.9. The van der Waals surface area contributed by atoms with E-state index in [1.54, 1.807) is 20.3 Å². The quantitative estimate of drug-likeness (QED) is 0.495. The number of rotatable bonds is 7. The number of piperidine rings is 1. The molecule has 6 nitrogen and oxygen atoms in total. The van der Waals surface area contributed by atoms with E-state index in [9.17, 15) is 4.39 Å². The first-order valence-corrected chi connectivity index (χ1v) is 11.7. The van der Waals surface area contributed by atoms with Crippen molar-refractivity contribution in [3.8, 4) is 22.9 Å². The first-order valence-electron chi connectivity index (χ1n) is 11.7. The number of methoxy groups -OCH3 is 2. The van der Waals surface area contributed by atoms with E-state index in [4.69, 9.17) is 18.9 Å². The molecule has 180 valence electrons. The Labute approximate surface area is 199 Å². The highest BCUT2D eigenvalue weighted by atomic mass is 19.1. The standard InChI is InChI=1S/C27H31FN2O4/c1-19(31-2)18-33-23-9-6-20(15-25(23)32-3)17-29-13-10-27(11-14-29)26-5-4-12-30(26)22-8-7-21(28)16-24(22)34-27/h4-9,12,15-16,19H,10-11,13-14,17-18H2,1-3H3/t19-/m0/s1. The van der Waals surface area contributed by atoms with Crippen LogP contribution in [0.3, 0.4) is 0 Å². The monoisotopic (exact) mass is 466 g/mol. The maximum atomic E-state index is 13.9. The highest BCUT2D eigenvalue weighted by Gasteiger charge is 2.43. The Morgan fingerprint density at radius 2 is 1.88 bits per heavy atom. The molecule has 5 rings (SSSR count). The fourth-order valence-electron chi connectivity index (χ4n) is 4.89. The van der Waals surface area contributed by atoms with Crippen LogP contribution in [-0.2, 0) is 16.9 Å². The van der Waals surface area contributed by atoms with Gasteiger partial charge < -0.3 is 23.5 Å². The molecule has 2 aromatic carbocycles. The molecule has 7 heteroatoms. The van der Waals surface area contributed by atoms with E-state index in [1.165, 1.54) is 17.7 Å². The van der Waals surface area contributed by atoms with Gasteiger partial charge in [0.25, 0.3) is 0 Å². The molecule has 2 aliphatic rings. The summed E-state index contributed by atoms with van der Waals surface area (Å²) in [5, 5.41) is 0. The summed E-state index contributed by atoms with van der Waals surface area (Å²) < 4.78 is 39.2. The van der Waals surface area contributed by atoms with E-state index in [-0.39, 0.29) is 11.9 Å². The lowest BCUT2D eigenvalue weighted by molar-refractivity contribution is -0.0153. The van der Waals surface area contributed by atoms with Crippen molar-refractivity contribution in [1.29, 1.82) is 0 Å². The molecular weight excluding hydrogens is 435 g/mol. The molecule has 1 spiro atoms. The van der Waals surface area contributed by atoms with Crippen LogP contribution in [0.15, 0.2) is 54.7 Å². The number of hydrogen-bond acceptors (Lipinski definition) is 5. The first kappa shape index (κ1) is 22.7. The van der Waals surface area contributed by atoms with Gasteiger partial charge in [0.1, 0.15) is 18.2 Å². The summed E-state index contributed by atoms with van der Waals surface area (Å²) in [6.45, 7) is 5.00. The van der Waals surface area contributed by atoms with Gasteiger partial charge in [0, 0.05) is 51.8 Å². The fourth-order valence-corrected chi connectivity index (χ4v) is 4.89. The van der Waals surface area contributed by atoms with E-state index in [2.05, 4.69) is 21.6 Å². The van der Waals surface area contributed by atoms with Crippen LogP contribution in [0.25, 0.3) is 5.69 Å². The highest BCUT2D eigenvalue weighted by Crippen LogP contribution is 2.45. The third kappa shape index (κ3) is 4.26. The lowest BCUT2D eigenvalue weighted by Crippen LogP contribution is -2.48. The topological polar surface area (TPSA) is 45.1 Å². The largest absolute Gasteiger partial charge is 0.493 e. The van der Waals surface area contributed by atoms with Crippen LogP contribution >= 0.6 is 0 Å². The Morgan fingerprint density at radius 1 is 1.06 bits per heavy atom.